The molecule has 138 valence electrons. The van der Waals surface area contributed by atoms with E-state index in [9.17, 15) is 4.79 Å². The number of carbonyl (C=O) groups excluding carboxylic acids is 1. The third-order valence-corrected chi connectivity index (χ3v) is 6.78. The molecule has 0 saturated carbocycles. The largest absolute Gasteiger partial charge is 0.492 e. The molecule has 1 aromatic heterocycles. The lowest BCUT2D eigenvalue weighted by atomic mass is 9.95. The summed E-state index contributed by atoms with van der Waals surface area (Å²) >= 11 is 7.81. The highest BCUT2D eigenvalue weighted by atomic mass is 35.5. The number of thiazole rings is 1. The standard InChI is InChI=1S/C21H19ClN2O2S/c22-15-7-8-18-13(11-15)10-14(12-26-18)21(25)24-9-3-5-17(24)20-23-16-4-1-2-6-19(16)27-20/h1-2,4,6-8,11,14,17H,3,5,9-10,12H2. The minimum absolute atomic E-state index is 0.0793. The Labute approximate surface area is 166 Å². The number of ether oxygens (including phenoxy) is 1. The lowest BCUT2D eigenvalue weighted by molar-refractivity contribution is -0.137. The van der Waals surface area contributed by atoms with Crippen molar-refractivity contribution in [3.05, 3.63) is 58.1 Å². The molecule has 2 atom stereocenters. The van der Waals surface area contributed by atoms with E-state index in [1.165, 1.54) is 4.70 Å². The molecule has 4 nitrogen and oxygen atoms in total. The van der Waals surface area contributed by atoms with Gasteiger partial charge in [0, 0.05) is 11.6 Å². The van der Waals surface area contributed by atoms with Gasteiger partial charge < -0.3 is 9.64 Å². The van der Waals surface area contributed by atoms with Crippen molar-refractivity contribution in [2.24, 2.45) is 5.92 Å². The summed E-state index contributed by atoms with van der Waals surface area (Å²) in [7, 11) is 0. The van der Waals surface area contributed by atoms with Crippen molar-refractivity contribution in [3.8, 4) is 5.75 Å². The van der Waals surface area contributed by atoms with E-state index in [0.717, 1.165) is 41.2 Å². The molecular formula is C21H19ClN2O2S. The van der Waals surface area contributed by atoms with E-state index in [0.29, 0.717) is 18.1 Å². The van der Waals surface area contributed by atoms with Crippen LogP contribution in [0.2, 0.25) is 5.02 Å². The number of hydrogen-bond acceptors (Lipinski definition) is 4. The smallest absolute Gasteiger partial charge is 0.230 e. The van der Waals surface area contributed by atoms with Gasteiger partial charge in [0.1, 0.15) is 17.4 Å². The van der Waals surface area contributed by atoms with Crippen molar-refractivity contribution in [1.82, 2.24) is 9.88 Å². The number of benzene rings is 2. The highest BCUT2D eigenvalue weighted by Gasteiger charge is 2.37. The molecule has 2 unspecified atom stereocenters. The molecule has 6 heteroatoms. The van der Waals surface area contributed by atoms with Crippen LogP contribution in [0.3, 0.4) is 0 Å². The van der Waals surface area contributed by atoms with Crippen molar-refractivity contribution in [1.29, 1.82) is 0 Å². The van der Waals surface area contributed by atoms with Crippen LogP contribution in [0.5, 0.6) is 5.75 Å². The molecule has 2 aromatic carbocycles. The van der Waals surface area contributed by atoms with Gasteiger partial charge in [-0.25, -0.2) is 4.98 Å². The lowest BCUT2D eigenvalue weighted by Gasteiger charge is -2.31. The van der Waals surface area contributed by atoms with Crippen LogP contribution in [0.25, 0.3) is 10.2 Å². The third-order valence-electron chi connectivity index (χ3n) is 5.41. The molecule has 3 aromatic rings. The molecule has 3 heterocycles. The SMILES string of the molecule is O=C(C1COc2ccc(Cl)cc2C1)N1CCCC1c1nc2ccccc2s1. The van der Waals surface area contributed by atoms with Gasteiger partial charge in [-0.2, -0.15) is 0 Å². The average molecular weight is 399 g/mol. The summed E-state index contributed by atoms with van der Waals surface area (Å²) < 4.78 is 7.02. The average Bonchev–Trinajstić information content (AvgIpc) is 3.33. The predicted octanol–water partition coefficient (Wildman–Crippen LogP) is 4.86. The topological polar surface area (TPSA) is 42.4 Å². The molecule has 0 radical (unpaired) electrons. The Morgan fingerprint density at radius 1 is 1.26 bits per heavy atom. The van der Waals surface area contributed by atoms with Gasteiger partial charge in [0.15, 0.2) is 0 Å². The zero-order valence-electron chi connectivity index (χ0n) is 14.7. The summed E-state index contributed by atoms with van der Waals surface area (Å²) in [6.07, 6.45) is 2.67. The van der Waals surface area contributed by atoms with E-state index in [1.54, 1.807) is 11.3 Å². The first-order valence-corrected chi connectivity index (χ1v) is 10.5. The fourth-order valence-corrected chi connectivity index (χ4v) is 5.39. The van der Waals surface area contributed by atoms with Crippen LogP contribution in [0.15, 0.2) is 42.5 Å². The molecule has 1 saturated heterocycles. The van der Waals surface area contributed by atoms with Crippen molar-refractivity contribution >= 4 is 39.1 Å². The fraction of sp³-hybridized carbons (Fsp3) is 0.333. The quantitative estimate of drug-likeness (QED) is 0.618. The number of likely N-dealkylation sites (tertiary alicyclic amines) is 1. The van der Waals surface area contributed by atoms with Crippen LogP contribution in [-0.2, 0) is 11.2 Å². The van der Waals surface area contributed by atoms with Gasteiger partial charge in [-0.05, 0) is 55.2 Å². The highest BCUT2D eigenvalue weighted by molar-refractivity contribution is 7.18. The Kier molecular flexibility index (Phi) is 4.29. The summed E-state index contributed by atoms with van der Waals surface area (Å²) in [4.78, 5) is 20.1. The number of halogens is 1. The van der Waals surface area contributed by atoms with E-state index in [2.05, 4.69) is 6.07 Å². The van der Waals surface area contributed by atoms with Crippen LogP contribution in [0.1, 0.15) is 29.5 Å². The van der Waals surface area contributed by atoms with Gasteiger partial charge in [-0.3, -0.25) is 4.79 Å². The molecular weight excluding hydrogens is 380 g/mol. The number of hydrogen-bond donors (Lipinski definition) is 0. The summed E-state index contributed by atoms with van der Waals surface area (Å²) in [5.41, 5.74) is 2.03. The molecule has 0 spiro atoms. The van der Waals surface area contributed by atoms with Gasteiger partial charge in [0.2, 0.25) is 5.91 Å². The van der Waals surface area contributed by atoms with E-state index < -0.39 is 0 Å². The van der Waals surface area contributed by atoms with Crippen LogP contribution >= 0.6 is 22.9 Å². The normalized spacial score (nSPS) is 21.9. The van der Waals surface area contributed by atoms with Gasteiger partial charge >= 0.3 is 0 Å². The van der Waals surface area contributed by atoms with E-state index >= 15 is 0 Å². The zero-order chi connectivity index (χ0) is 18.4. The van der Waals surface area contributed by atoms with Gasteiger partial charge in [-0.1, -0.05) is 23.7 Å². The highest BCUT2D eigenvalue weighted by Crippen LogP contribution is 2.38. The number of para-hydroxylation sites is 1. The second-order valence-corrected chi connectivity index (χ2v) is 8.67. The van der Waals surface area contributed by atoms with E-state index in [1.807, 2.05) is 41.3 Å². The fourth-order valence-electron chi connectivity index (χ4n) is 4.08. The number of rotatable bonds is 2. The monoisotopic (exact) mass is 398 g/mol. The number of aromatic nitrogens is 1. The minimum Gasteiger partial charge on any atom is -0.492 e. The minimum atomic E-state index is -0.161. The van der Waals surface area contributed by atoms with Crippen LogP contribution in [0, 0.1) is 5.92 Å². The third kappa shape index (κ3) is 3.09. The molecule has 27 heavy (non-hydrogen) atoms. The maximum absolute atomic E-state index is 13.3. The van der Waals surface area contributed by atoms with Crippen LogP contribution < -0.4 is 4.74 Å². The first-order valence-electron chi connectivity index (χ1n) is 9.26. The molecule has 5 rings (SSSR count). The lowest BCUT2D eigenvalue weighted by Crippen LogP contribution is -2.40. The molecule has 1 fully saturated rings. The predicted molar refractivity (Wildman–Crippen MR) is 107 cm³/mol. The Morgan fingerprint density at radius 3 is 3.04 bits per heavy atom. The molecule has 0 aliphatic carbocycles. The Hall–Kier alpha value is -2.11. The number of carbonyl (C=O) groups is 1. The van der Waals surface area contributed by atoms with E-state index in [-0.39, 0.29) is 17.9 Å². The van der Waals surface area contributed by atoms with Crippen LogP contribution in [0.4, 0.5) is 0 Å². The zero-order valence-corrected chi connectivity index (χ0v) is 16.3. The Morgan fingerprint density at radius 2 is 2.15 bits per heavy atom. The molecule has 0 N–H and O–H groups in total. The Bertz CT molecular complexity index is 985. The maximum atomic E-state index is 13.3. The number of fused-ring (bicyclic) bond motifs is 2. The first-order chi connectivity index (χ1) is 13.2. The number of amides is 1. The van der Waals surface area contributed by atoms with Gasteiger partial charge in [0.05, 0.1) is 22.2 Å². The summed E-state index contributed by atoms with van der Waals surface area (Å²) in [5, 5.41) is 1.72. The van der Waals surface area contributed by atoms with Crippen molar-refractivity contribution in [2.75, 3.05) is 13.2 Å². The summed E-state index contributed by atoms with van der Waals surface area (Å²) in [6, 6.07) is 13.9. The second-order valence-electron chi connectivity index (χ2n) is 7.17. The molecule has 2 aliphatic rings. The van der Waals surface area contributed by atoms with Crippen molar-refractivity contribution < 1.29 is 9.53 Å². The van der Waals surface area contributed by atoms with Gasteiger partial charge in [0.25, 0.3) is 0 Å². The Balaban J connectivity index is 1.39. The molecule has 1 amide bonds. The number of nitrogens with zero attached hydrogens (tertiary/aromatic N) is 2. The summed E-state index contributed by atoms with van der Waals surface area (Å²) in [5.74, 6) is 0.848. The van der Waals surface area contributed by atoms with Crippen molar-refractivity contribution in [2.45, 2.75) is 25.3 Å². The molecule has 0 bridgehead atoms. The van der Waals surface area contributed by atoms with Crippen LogP contribution in [-0.4, -0.2) is 28.9 Å². The van der Waals surface area contributed by atoms with Gasteiger partial charge in [-0.15, -0.1) is 11.3 Å². The van der Waals surface area contributed by atoms with Crippen molar-refractivity contribution in [3.63, 3.8) is 0 Å². The van der Waals surface area contributed by atoms with E-state index in [4.69, 9.17) is 21.3 Å². The summed E-state index contributed by atoms with van der Waals surface area (Å²) in [6.45, 7) is 1.22. The first kappa shape index (κ1) is 17.0. The maximum Gasteiger partial charge on any atom is 0.230 e. The molecule has 2 aliphatic heterocycles. The second kappa shape index (κ2) is 6.80.